The number of nitrogens with two attached hydrogens (primary N) is 1. The van der Waals surface area contributed by atoms with Crippen LogP contribution in [0.25, 0.3) is 6.08 Å². The second-order valence-corrected chi connectivity index (χ2v) is 5.10. The van der Waals surface area contributed by atoms with Gasteiger partial charge in [-0.15, -0.1) is 0 Å². The van der Waals surface area contributed by atoms with Gasteiger partial charge >= 0.3 is 0 Å². The highest BCUT2D eigenvalue weighted by Gasteiger charge is 2.14. The Hall–Kier alpha value is -1.16. The molecule has 1 fully saturated rings. The van der Waals surface area contributed by atoms with Gasteiger partial charge in [-0.1, -0.05) is 42.5 Å². The lowest BCUT2D eigenvalue weighted by atomic mass is 10.2. The molecule has 1 aromatic carbocycles. The van der Waals surface area contributed by atoms with Crippen LogP contribution in [0.15, 0.2) is 36.4 Å². The lowest BCUT2D eigenvalue weighted by Gasteiger charge is -2.34. The van der Waals surface area contributed by atoms with Crippen LogP contribution in [-0.4, -0.2) is 55.6 Å². The maximum absolute atomic E-state index is 5.55. The molecule has 3 heteroatoms. The molecule has 104 valence electrons. The zero-order valence-corrected chi connectivity index (χ0v) is 11.7. The van der Waals surface area contributed by atoms with E-state index in [2.05, 4.69) is 52.3 Å². The van der Waals surface area contributed by atoms with Gasteiger partial charge in [-0.25, -0.2) is 0 Å². The van der Waals surface area contributed by atoms with E-state index in [0.717, 1.165) is 26.1 Å². The molecule has 0 aromatic heterocycles. The van der Waals surface area contributed by atoms with Gasteiger partial charge in [0.25, 0.3) is 0 Å². The molecule has 1 aliphatic rings. The number of hydrogen-bond acceptors (Lipinski definition) is 3. The minimum Gasteiger partial charge on any atom is -0.330 e. The molecule has 1 heterocycles. The van der Waals surface area contributed by atoms with E-state index in [4.69, 9.17) is 5.73 Å². The van der Waals surface area contributed by atoms with E-state index >= 15 is 0 Å². The molecule has 0 atom stereocenters. The maximum atomic E-state index is 5.55. The summed E-state index contributed by atoms with van der Waals surface area (Å²) < 4.78 is 0. The van der Waals surface area contributed by atoms with Crippen molar-refractivity contribution in [2.24, 2.45) is 5.73 Å². The molecule has 1 saturated heterocycles. The SMILES string of the molecule is NCCCN1CCN(C/C=C/c2ccccc2)CC1. The molecule has 1 aromatic rings. The Morgan fingerprint density at radius 3 is 2.37 bits per heavy atom. The van der Waals surface area contributed by atoms with Crippen LogP contribution in [0.3, 0.4) is 0 Å². The predicted octanol–water partition coefficient (Wildman–Crippen LogP) is 1.67. The smallest absolute Gasteiger partial charge is 0.0167 e. The molecule has 19 heavy (non-hydrogen) atoms. The minimum absolute atomic E-state index is 0.806. The highest BCUT2D eigenvalue weighted by molar-refractivity contribution is 5.48. The summed E-state index contributed by atoms with van der Waals surface area (Å²) in [7, 11) is 0. The van der Waals surface area contributed by atoms with Crippen LogP contribution in [0.2, 0.25) is 0 Å². The summed E-state index contributed by atoms with van der Waals surface area (Å²) in [6.07, 6.45) is 5.60. The zero-order valence-electron chi connectivity index (χ0n) is 11.7. The van der Waals surface area contributed by atoms with Gasteiger partial charge in [-0.05, 0) is 25.1 Å². The molecule has 0 radical (unpaired) electrons. The van der Waals surface area contributed by atoms with E-state index in [1.807, 2.05) is 0 Å². The molecule has 0 bridgehead atoms. The first kappa shape index (κ1) is 14.3. The van der Waals surface area contributed by atoms with Crippen molar-refractivity contribution >= 4 is 6.08 Å². The molecule has 1 aliphatic heterocycles. The van der Waals surface area contributed by atoms with E-state index in [0.29, 0.717) is 0 Å². The van der Waals surface area contributed by atoms with Crippen molar-refractivity contribution in [1.82, 2.24) is 9.80 Å². The number of nitrogens with zero attached hydrogens (tertiary/aromatic N) is 2. The van der Waals surface area contributed by atoms with Gasteiger partial charge in [0.2, 0.25) is 0 Å². The molecule has 0 unspecified atom stereocenters. The van der Waals surface area contributed by atoms with Gasteiger partial charge < -0.3 is 10.6 Å². The van der Waals surface area contributed by atoms with Gasteiger partial charge in [0.1, 0.15) is 0 Å². The number of rotatable bonds is 6. The Bertz CT molecular complexity index is 367. The summed E-state index contributed by atoms with van der Waals surface area (Å²) in [6, 6.07) is 10.5. The normalized spacial score (nSPS) is 18.2. The monoisotopic (exact) mass is 259 g/mol. The molecule has 3 nitrogen and oxygen atoms in total. The molecule has 2 N–H and O–H groups in total. The number of hydrogen-bond donors (Lipinski definition) is 1. The van der Waals surface area contributed by atoms with Crippen molar-refractivity contribution in [3.8, 4) is 0 Å². The second-order valence-electron chi connectivity index (χ2n) is 5.10. The fourth-order valence-corrected chi connectivity index (χ4v) is 2.41. The van der Waals surface area contributed by atoms with E-state index in [1.165, 1.54) is 31.7 Å². The zero-order chi connectivity index (χ0) is 13.3. The first-order valence-corrected chi connectivity index (χ1v) is 7.25. The van der Waals surface area contributed by atoms with E-state index in [9.17, 15) is 0 Å². The van der Waals surface area contributed by atoms with Crippen LogP contribution >= 0.6 is 0 Å². The number of piperazine rings is 1. The molecule has 0 amide bonds. The summed E-state index contributed by atoms with van der Waals surface area (Å²) in [5, 5.41) is 0. The quantitative estimate of drug-likeness (QED) is 0.843. The van der Waals surface area contributed by atoms with Gasteiger partial charge in [0.15, 0.2) is 0 Å². The summed E-state index contributed by atoms with van der Waals surface area (Å²) in [5.74, 6) is 0. The lowest BCUT2D eigenvalue weighted by molar-refractivity contribution is 0.142. The van der Waals surface area contributed by atoms with Gasteiger partial charge in [0.05, 0.1) is 0 Å². The van der Waals surface area contributed by atoms with E-state index in [1.54, 1.807) is 0 Å². The van der Waals surface area contributed by atoms with Crippen LogP contribution in [0.5, 0.6) is 0 Å². The Kier molecular flexibility index (Phi) is 6.08. The molecule has 2 rings (SSSR count). The van der Waals surface area contributed by atoms with Crippen molar-refractivity contribution in [2.75, 3.05) is 45.8 Å². The lowest BCUT2D eigenvalue weighted by Crippen LogP contribution is -2.46. The topological polar surface area (TPSA) is 32.5 Å². The van der Waals surface area contributed by atoms with Crippen molar-refractivity contribution < 1.29 is 0 Å². The van der Waals surface area contributed by atoms with Crippen LogP contribution in [0.4, 0.5) is 0 Å². The van der Waals surface area contributed by atoms with Crippen molar-refractivity contribution in [3.05, 3.63) is 42.0 Å². The Balaban J connectivity index is 1.67. The first-order valence-electron chi connectivity index (χ1n) is 7.25. The standard InChI is InChI=1S/C16H25N3/c17-9-5-11-19-14-12-18(13-15-19)10-4-8-16-6-2-1-3-7-16/h1-4,6-8H,5,9-15,17H2/b8-4+. The minimum atomic E-state index is 0.806. The third-order valence-corrected chi connectivity index (χ3v) is 3.62. The molecule has 0 spiro atoms. The second kappa shape index (κ2) is 8.10. The highest BCUT2D eigenvalue weighted by atomic mass is 15.3. The van der Waals surface area contributed by atoms with E-state index < -0.39 is 0 Å². The Morgan fingerprint density at radius 2 is 1.68 bits per heavy atom. The molecule has 0 saturated carbocycles. The largest absolute Gasteiger partial charge is 0.330 e. The van der Waals surface area contributed by atoms with Crippen LogP contribution in [-0.2, 0) is 0 Å². The number of benzene rings is 1. The average Bonchev–Trinajstić information content (AvgIpc) is 2.47. The molecular formula is C16H25N3. The third kappa shape index (κ3) is 5.15. The summed E-state index contributed by atoms with van der Waals surface area (Å²) in [5.41, 5.74) is 6.83. The summed E-state index contributed by atoms with van der Waals surface area (Å²) in [6.45, 7) is 7.72. The highest BCUT2D eigenvalue weighted by Crippen LogP contribution is 2.04. The first-order chi connectivity index (χ1) is 9.38. The van der Waals surface area contributed by atoms with Crippen molar-refractivity contribution in [2.45, 2.75) is 6.42 Å². The van der Waals surface area contributed by atoms with Gasteiger partial charge in [-0.2, -0.15) is 0 Å². The fraction of sp³-hybridized carbons (Fsp3) is 0.500. The van der Waals surface area contributed by atoms with E-state index in [-0.39, 0.29) is 0 Å². The average molecular weight is 259 g/mol. The van der Waals surface area contributed by atoms with Crippen LogP contribution in [0, 0.1) is 0 Å². The van der Waals surface area contributed by atoms with Gasteiger partial charge in [-0.3, -0.25) is 4.90 Å². The Morgan fingerprint density at radius 1 is 1.00 bits per heavy atom. The van der Waals surface area contributed by atoms with Crippen LogP contribution in [0.1, 0.15) is 12.0 Å². The maximum Gasteiger partial charge on any atom is 0.0167 e. The van der Waals surface area contributed by atoms with Crippen molar-refractivity contribution in [1.29, 1.82) is 0 Å². The van der Waals surface area contributed by atoms with Crippen LogP contribution < -0.4 is 5.73 Å². The fourth-order valence-electron chi connectivity index (χ4n) is 2.41. The predicted molar refractivity (Wildman–Crippen MR) is 82.0 cm³/mol. The van der Waals surface area contributed by atoms with Gasteiger partial charge in [0, 0.05) is 32.7 Å². The Labute approximate surface area is 116 Å². The summed E-state index contributed by atoms with van der Waals surface area (Å²) >= 11 is 0. The molecular weight excluding hydrogens is 234 g/mol. The summed E-state index contributed by atoms with van der Waals surface area (Å²) in [4.78, 5) is 5.03. The third-order valence-electron chi connectivity index (χ3n) is 3.62. The molecule has 0 aliphatic carbocycles. The van der Waals surface area contributed by atoms with Crippen molar-refractivity contribution in [3.63, 3.8) is 0 Å².